The van der Waals surface area contributed by atoms with Crippen LogP contribution in [0.25, 0.3) is 0 Å². The van der Waals surface area contributed by atoms with Gasteiger partial charge in [-0.2, -0.15) is 5.06 Å². The topological polar surface area (TPSA) is 63.7 Å². The minimum atomic E-state index is -0.554. The molecule has 12 heavy (non-hydrogen) atoms. The van der Waals surface area contributed by atoms with E-state index in [4.69, 9.17) is 0 Å². The van der Waals surface area contributed by atoms with Crippen molar-refractivity contribution >= 4 is 26.5 Å². The van der Waals surface area contributed by atoms with Gasteiger partial charge in [-0.3, -0.25) is 9.59 Å². The molecule has 0 heterocycles. The fraction of sp³-hybridized carbons (Fsp3) is 0.500. The monoisotopic (exact) mass is 191 g/mol. The molecule has 0 saturated carbocycles. The summed E-state index contributed by atoms with van der Waals surface area (Å²) in [5.41, 5.74) is -0.364. The van der Waals surface area contributed by atoms with E-state index in [1.807, 2.05) is 0 Å². The zero-order valence-electron chi connectivity index (χ0n) is 6.86. The summed E-state index contributed by atoms with van der Waals surface area (Å²) in [4.78, 5) is 35.6. The Bertz CT molecular complexity index is 194. The van der Waals surface area contributed by atoms with Crippen molar-refractivity contribution in [2.75, 3.05) is 13.2 Å². The van der Waals surface area contributed by atoms with E-state index >= 15 is 0 Å². The molecule has 68 valence electrons. The molecule has 1 unspecified atom stereocenters. The van der Waals surface area contributed by atoms with Crippen LogP contribution in [-0.2, 0) is 14.4 Å². The SMILES string of the molecule is CC(=O)ON(C)C(=O)PCC=O. The molecule has 0 fully saturated rings. The highest BCUT2D eigenvalue weighted by Gasteiger charge is 2.10. The van der Waals surface area contributed by atoms with Gasteiger partial charge in [-0.15, -0.1) is 0 Å². The van der Waals surface area contributed by atoms with E-state index in [2.05, 4.69) is 4.84 Å². The van der Waals surface area contributed by atoms with Crippen molar-refractivity contribution in [3.8, 4) is 0 Å². The van der Waals surface area contributed by atoms with Gasteiger partial charge in [0.2, 0.25) is 0 Å². The summed E-state index contributed by atoms with van der Waals surface area (Å²) in [7, 11) is 1.16. The summed E-state index contributed by atoms with van der Waals surface area (Å²) in [6.07, 6.45) is 0.822. The predicted octanol–water partition coefficient (Wildman–Crippen LogP) is 0.394. The Labute approximate surface area is 71.8 Å². The number of hydrogen-bond acceptors (Lipinski definition) is 4. The molecule has 1 atom stereocenters. The average molecular weight is 191 g/mol. The van der Waals surface area contributed by atoms with E-state index in [-0.39, 0.29) is 20.4 Å². The summed E-state index contributed by atoms with van der Waals surface area (Å²) < 4.78 is 0. The maximum absolute atomic E-state index is 10.9. The van der Waals surface area contributed by atoms with Crippen molar-refractivity contribution < 1.29 is 19.2 Å². The van der Waals surface area contributed by atoms with Crippen molar-refractivity contribution in [3.05, 3.63) is 0 Å². The van der Waals surface area contributed by atoms with Gasteiger partial charge in [0.15, 0.2) is 0 Å². The number of aldehydes is 1. The van der Waals surface area contributed by atoms with Crippen LogP contribution in [0.15, 0.2) is 0 Å². The van der Waals surface area contributed by atoms with E-state index in [1.54, 1.807) is 0 Å². The molecule has 0 aromatic rings. The Morgan fingerprint density at radius 1 is 1.58 bits per heavy atom. The highest BCUT2D eigenvalue weighted by molar-refractivity contribution is 7.58. The van der Waals surface area contributed by atoms with Crippen molar-refractivity contribution in [1.29, 1.82) is 0 Å². The molecule has 0 aliphatic heterocycles. The second kappa shape index (κ2) is 5.66. The largest absolute Gasteiger partial charge is 0.338 e. The van der Waals surface area contributed by atoms with Gasteiger partial charge in [-0.1, -0.05) is 0 Å². The van der Waals surface area contributed by atoms with Gasteiger partial charge in [-0.05, 0) is 8.58 Å². The molecule has 6 heteroatoms. The zero-order valence-corrected chi connectivity index (χ0v) is 7.86. The maximum atomic E-state index is 10.9. The van der Waals surface area contributed by atoms with Crippen LogP contribution in [0.5, 0.6) is 0 Å². The number of hydrogen-bond donors (Lipinski definition) is 0. The lowest BCUT2D eigenvalue weighted by Crippen LogP contribution is -2.24. The van der Waals surface area contributed by atoms with Gasteiger partial charge < -0.3 is 9.63 Å². The maximum Gasteiger partial charge on any atom is 0.329 e. The van der Waals surface area contributed by atoms with E-state index < -0.39 is 5.97 Å². The molecule has 0 N–H and O–H groups in total. The van der Waals surface area contributed by atoms with E-state index in [9.17, 15) is 14.4 Å². The third-order valence-electron chi connectivity index (χ3n) is 0.888. The minimum Gasteiger partial charge on any atom is -0.338 e. The molecule has 0 aliphatic carbocycles. The first-order chi connectivity index (χ1) is 5.57. The molecule has 0 saturated heterocycles. The third-order valence-corrected chi connectivity index (χ3v) is 1.88. The predicted molar refractivity (Wildman–Crippen MR) is 44.2 cm³/mol. The number of rotatable bonds is 3. The lowest BCUT2D eigenvalue weighted by molar-refractivity contribution is -0.167. The number of carbonyl (C=O) groups is 3. The molecule has 0 aliphatic rings. The van der Waals surface area contributed by atoms with Crippen molar-refractivity contribution in [2.45, 2.75) is 6.92 Å². The first kappa shape index (κ1) is 11.0. The Balaban J connectivity index is 3.76. The van der Waals surface area contributed by atoms with Gasteiger partial charge >= 0.3 is 5.97 Å². The number of hydroxylamine groups is 2. The van der Waals surface area contributed by atoms with Gasteiger partial charge in [0, 0.05) is 20.1 Å². The third kappa shape index (κ3) is 4.79. The van der Waals surface area contributed by atoms with Gasteiger partial charge in [0.1, 0.15) is 6.29 Å². The lowest BCUT2D eigenvalue weighted by Gasteiger charge is -2.13. The van der Waals surface area contributed by atoms with Crippen molar-refractivity contribution in [3.63, 3.8) is 0 Å². The molecular formula is C6H10NO4P. The van der Waals surface area contributed by atoms with E-state index in [0.717, 1.165) is 5.06 Å². The van der Waals surface area contributed by atoms with Crippen LogP contribution in [0.1, 0.15) is 6.92 Å². The Morgan fingerprint density at radius 3 is 2.58 bits per heavy atom. The Morgan fingerprint density at radius 2 is 2.17 bits per heavy atom. The summed E-state index contributed by atoms with van der Waals surface area (Å²) in [6.45, 7) is 1.20. The normalized spacial score (nSPS) is 9.83. The lowest BCUT2D eigenvalue weighted by atomic mass is 10.8. The average Bonchev–Trinajstić information content (AvgIpc) is 1.98. The smallest absolute Gasteiger partial charge is 0.329 e. The number of carbonyl (C=O) groups excluding carboxylic acids is 3. The molecular weight excluding hydrogens is 181 g/mol. The second-order valence-electron chi connectivity index (χ2n) is 1.93. The van der Waals surface area contributed by atoms with Gasteiger partial charge in [-0.25, -0.2) is 0 Å². The van der Waals surface area contributed by atoms with E-state index in [0.29, 0.717) is 6.29 Å². The standard InChI is InChI=1S/C6H10NO4P/c1-5(9)11-7(2)6(10)12-4-3-8/h3,12H,4H2,1-2H3. The van der Waals surface area contributed by atoms with Crippen LogP contribution in [0.4, 0.5) is 4.79 Å². The highest BCUT2D eigenvalue weighted by Crippen LogP contribution is 2.13. The molecule has 5 nitrogen and oxygen atoms in total. The van der Waals surface area contributed by atoms with Crippen LogP contribution in [0.2, 0.25) is 0 Å². The fourth-order valence-corrected chi connectivity index (χ4v) is 1.00. The summed E-state index contributed by atoms with van der Waals surface area (Å²) >= 11 is 0. The molecule has 0 aromatic carbocycles. The first-order valence-corrected chi connectivity index (χ1v) is 4.42. The van der Waals surface area contributed by atoms with Crippen molar-refractivity contribution in [2.24, 2.45) is 0 Å². The van der Waals surface area contributed by atoms with Crippen LogP contribution in [-0.4, -0.2) is 36.2 Å². The van der Waals surface area contributed by atoms with Crippen LogP contribution in [0.3, 0.4) is 0 Å². The fourth-order valence-electron chi connectivity index (χ4n) is 0.475. The van der Waals surface area contributed by atoms with Crippen LogP contribution >= 0.6 is 8.58 Å². The Hall–Kier alpha value is -0.960. The van der Waals surface area contributed by atoms with Gasteiger partial charge in [0.25, 0.3) is 5.65 Å². The summed E-state index contributed by atoms with van der Waals surface area (Å²) in [6, 6.07) is 0. The van der Waals surface area contributed by atoms with Crippen molar-refractivity contribution in [1.82, 2.24) is 5.06 Å². The number of amides is 1. The summed E-state index contributed by atoms with van der Waals surface area (Å²) in [5.74, 6) is -0.554. The highest BCUT2D eigenvalue weighted by atomic mass is 31.1. The van der Waals surface area contributed by atoms with Gasteiger partial charge in [0.05, 0.1) is 0 Å². The van der Waals surface area contributed by atoms with Crippen LogP contribution in [0, 0.1) is 0 Å². The second-order valence-corrected chi connectivity index (χ2v) is 3.12. The molecule has 0 spiro atoms. The van der Waals surface area contributed by atoms with Crippen LogP contribution < -0.4 is 0 Å². The molecule has 0 aromatic heterocycles. The minimum absolute atomic E-state index is 0.171. The zero-order chi connectivity index (χ0) is 9.56. The molecule has 1 amide bonds. The molecule has 0 bridgehead atoms. The molecule has 0 rings (SSSR count). The quantitative estimate of drug-likeness (QED) is 0.368. The summed E-state index contributed by atoms with van der Waals surface area (Å²) in [5, 5.41) is 0.838. The molecule has 0 radical (unpaired) electrons. The van der Waals surface area contributed by atoms with E-state index in [1.165, 1.54) is 14.0 Å². The number of nitrogens with zero attached hydrogens (tertiary/aromatic N) is 1. The Kier molecular flexibility index (Phi) is 5.21. The first-order valence-electron chi connectivity index (χ1n) is 3.21.